The van der Waals surface area contributed by atoms with E-state index in [1.807, 2.05) is 18.7 Å². The van der Waals surface area contributed by atoms with Crippen LogP contribution in [-0.2, 0) is 6.54 Å². The molecule has 0 saturated carbocycles. The number of aliphatic hydroxyl groups excluding tert-OH is 1. The fraction of sp³-hybridized carbons (Fsp3) is 0.444. The van der Waals surface area contributed by atoms with Crippen molar-refractivity contribution < 1.29 is 5.11 Å². The molecular weight excluding hydrogens is 302 g/mol. The Morgan fingerprint density at radius 2 is 2.25 bits per heavy atom. The molecule has 6 heteroatoms. The SMILES string of the molecule is O[C@H]1CCCN[C@@H]1CCCn1cnc2cc(-c3cn[nH]c3)ccc21. The second-order valence-corrected chi connectivity index (χ2v) is 6.54. The largest absolute Gasteiger partial charge is 0.392 e. The number of aromatic nitrogens is 4. The fourth-order valence-electron chi connectivity index (χ4n) is 3.54. The molecule has 0 radical (unpaired) electrons. The third-order valence-corrected chi connectivity index (χ3v) is 4.91. The fourth-order valence-corrected chi connectivity index (χ4v) is 3.54. The average Bonchev–Trinajstić information content (AvgIpc) is 3.26. The number of imidazole rings is 1. The van der Waals surface area contributed by atoms with Gasteiger partial charge in [0, 0.05) is 24.3 Å². The van der Waals surface area contributed by atoms with Crippen molar-refractivity contribution >= 4 is 11.0 Å². The van der Waals surface area contributed by atoms with Crippen LogP contribution in [-0.4, -0.2) is 43.5 Å². The van der Waals surface area contributed by atoms with E-state index < -0.39 is 0 Å². The predicted octanol–water partition coefficient (Wildman–Crippen LogP) is 2.32. The van der Waals surface area contributed by atoms with Crippen LogP contribution in [0.25, 0.3) is 22.2 Å². The van der Waals surface area contributed by atoms with Crippen molar-refractivity contribution in [3.8, 4) is 11.1 Å². The van der Waals surface area contributed by atoms with Gasteiger partial charge in [0.05, 0.1) is 29.7 Å². The minimum atomic E-state index is -0.198. The van der Waals surface area contributed by atoms with E-state index in [-0.39, 0.29) is 12.1 Å². The summed E-state index contributed by atoms with van der Waals surface area (Å²) in [5, 5.41) is 20.3. The van der Waals surface area contributed by atoms with Crippen molar-refractivity contribution in [2.24, 2.45) is 0 Å². The van der Waals surface area contributed by atoms with Gasteiger partial charge in [0.15, 0.2) is 0 Å². The van der Waals surface area contributed by atoms with Gasteiger partial charge >= 0.3 is 0 Å². The number of hydrogen-bond donors (Lipinski definition) is 3. The van der Waals surface area contributed by atoms with E-state index in [9.17, 15) is 5.11 Å². The maximum Gasteiger partial charge on any atom is 0.0958 e. The number of hydrogen-bond acceptors (Lipinski definition) is 4. The van der Waals surface area contributed by atoms with E-state index >= 15 is 0 Å². The quantitative estimate of drug-likeness (QED) is 0.673. The van der Waals surface area contributed by atoms with Crippen LogP contribution in [0.2, 0.25) is 0 Å². The highest BCUT2D eigenvalue weighted by molar-refractivity contribution is 5.81. The van der Waals surface area contributed by atoms with Crippen LogP contribution in [0, 0.1) is 0 Å². The summed E-state index contributed by atoms with van der Waals surface area (Å²) >= 11 is 0. The highest BCUT2D eigenvalue weighted by Crippen LogP contribution is 2.23. The minimum absolute atomic E-state index is 0.198. The molecule has 0 amide bonds. The molecule has 1 saturated heterocycles. The Balaban J connectivity index is 1.43. The number of nitrogens with zero attached hydrogens (tertiary/aromatic N) is 3. The number of piperidine rings is 1. The Hall–Kier alpha value is -2.18. The molecule has 3 aromatic rings. The van der Waals surface area contributed by atoms with Gasteiger partial charge in [-0.3, -0.25) is 5.10 Å². The van der Waals surface area contributed by atoms with Crippen molar-refractivity contribution in [1.82, 2.24) is 25.1 Å². The van der Waals surface area contributed by atoms with Gasteiger partial charge in [-0.05, 0) is 49.9 Å². The third kappa shape index (κ3) is 3.07. The molecule has 126 valence electrons. The Labute approximate surface area is 140 Å². The molecule has 1 aliphatic heterocycles. The van der Waals surface area contributed by atoms with Gasteiger partial charge in [0.2, 0.25) is 0 Å². The average molecular weight is 325 g/mol. The first kappa shape index (κ1) is 15.4. The van der Waals surface area contributed by atoms with Crippen molar-refractivity contribution in [2.75, 3.05) is 6.54 Å². The van der Waals surface area contributed by atoms with Crippen molar-refractivity contribution in [3.05, 3.63) is 36.9 Å². The van der Waals surface area contributed by atoms with Crippen LogP contribution in [0.1, 0.15) is 25.7 Å². The lowest BCUT2D eigenvalue weighted by atomic mass is 9.97. The summed E-state index contributed by atoms with van der Waals surface area (Å²) in [5.74, 6) is 0. The van der Waals surface area contributed by atoms with Crippen LogP contribution in [0.4, 0.5) is 0 Å². The number of benzene rings is 1. The molecule has 4 rings (SSSR count). The van der Waals surface area contributed by atoms with Crippen LogP contribution in [0.5, 0.6) is 0 Å². The molecule has 3 N–H and O–H groups in total. The summed E-state index contributed by atoms with van der Waals surface area (Å²) in [6, 6.07) is 6.57. The number of fused-ring (bicyclic) bond motifs is 1. The predicted molar refractivity (Wildman–Crippen MR) is 93.6 cm³/mol. The molecule has 0 aliphatic carbocycles. The maximum absolute atomic E-state index is 10.0. The second-order valence-electron chi connectivity index (χ2n) is 6.54. The summed E-state index contributed by atoms with van der Waals surface area (Å²) < 4.78 is 2.20. The van der Waals surface area contributed by atoms with Gasteiger partial charge in [0.1, 0.15) is 0 Å². The van der Waals surface area contributed by atoms with E-state index in [2.05, 4.69) is 43.3 Å². The molecule has 1 aromatic carbocycles. The molecule has 0 bridgehead atoms. The third-order valence-electron chi connectivity index (χ3n) is 4.91. The molecule has 24 heavy (non-hydrogen) atoms. The molecular formula is C18H23N5O. The number of aliphatic hydroxyl groups is 1. The lowest BCUT2D eigenvalue weighted by Crippen LogP contribution is -2.44. The molecule has 2 atom stereocenters. The first-order chi connectivity index (χ1) is 11.8. The summed E-state index contributed by atoms with van der Waals surface area (Å²) in [7, 11) is 0. The van der Waals surface area contributed by atoms with Crippen LogP contribution in [0.15, 0.2) is 36.9 Å². The van der Waals surface area contributed by atoms with Crippen molar-refractivity contribution in [1.29, 1.82) is 0 Å². The van der Waals surface area contributed by atoms with Gasteiger partial charge in [-0.15, -0.1) is 0 Å². The topological polar surface area (TPSA) is 78.8 Å². The Bertz CT molecular complexity index is 795. The Kier molecular flexibility index (Phi) is 4.32. The monoisotopic (exact) mass is 325 g/mol. The summed E-state index contributed by atoms with van der Waals surface area (Å²) in [4.78, 5) is 4.54. The van der Waals surface area contributed by atoms with E-state index in [1.54, 1.807) is 0 Å². The highest BCUT2D eigenvalue weighted by Gasteiger charge is 2.21. The van der Waals surface area contributed by atoms with E-state index in [0.717, 1.165) is 60.9 Å². The van der Waals surface area contributed by atoms with Crippen LogP contribution >= 0.6 is 0 Å². The molecule has 1 aliphatic rings. The number of aromatic amines is 1. The molecule has 6 nitrogen and oxygen atoms in total. The zero-order chi connectivity index (χ0) is 16.4. The number of rotatable bonds is 5. The summed E-state index contributed by atoms with van der Waals surface area (Å²) in [6.45, 7) is 1.94. The standard InChI is InChI=1S/C18H23N5O/c24-18-4-1-7-19-15(18)3-2-8-23-12-20-16-9-13(5-6-17(16)23)14-10-21-22-11-14/h5-6,9-12,15,18-19,24H,1-4,7-8H2,(H,21,22)/t15-,18+/m1/s1. The van der Waals surface area contributed by atoms with Gasteiger partial charge < -0.3 is 15.0 Å². The van der Waals surface area contributed by atoms with Gasteiger partial charge in [0.25, 0.3) is 0 Å². The highest BCUT2D eigenvalue weighted by atomic mass is 16.3. The van der Waals surface area contributed by atoms with E-state index in [4.69, 9.17) is 0 Å². The van der Waals surface area contributed by atoms with Crippen LogP contribution in [0.3, 0.4) is 0 Å². The minimum Gasteiger partial charge on any atom is -0.392 e. The maximum atomic E-state index is 10.0. The summed E-state index contributed by atoms with van der Waals surface area (Å²) in [5.41, 5.74) is 4.35. The summed E-state index contributed by atoms with van der Waals surface area (Å²) in [6.07, 6.45) is 9.44. The van der Waals surface area contributed by atoms with E-state index in [1.165, 1.54) is 0 Å². The van der Waals surface area contributed by atoms with Crippen LogP contribution < -0.4 is 5.32 Å². The Morgan fingerprint density at radius 3 is 3.08 bits per heavy atom. The van der Waals surface area contributed by atoms with Gasteiger partial charge in [-0.25, -0.2) is 4.98 Å². The van der Waals surface area contributed by atoms with Crippen molar-refractivity contribution in [3.63, 3.8) is 0 Å². The number of nitrogens with one attached hydrogen (secondary N) is 2. The van der Waals surface area contributed by atoms with Crippen molar-refractivity contribution in [2.45, 2.75) is 44.4 Å². The first-order valence-corrected chi connectivity index (χ1v) is 8.67. The lowest BCUT2D eigenvalue weighted by Gasteiger charge is -2.29. The zero-order valence-corrected chi connectivity index (χ0v) is 13.7. The molecule has 0 spiro atoms. The first-order valence-electron chi connectivity index (χ1n) is 8.67. The molecule has 3 heterocycles. The zero-order valence-electron chi connectivity index (χ0n) is 13.7. The lowest BCUT2D eigenvalue weighted by molar-refractivity contribution is 0.0909. The van der Waals surface area contributed by atoms with Gasteiger partial charge in [-0.2, -0.15) is 5.10 Å². The Morgan fingerprint density at radius 1 is 1.29 bits per heavy atom. The number of aryl methyl sites for hydroxylation is 1. The second kappa shape index (κ2) is 6.75. The molecule has 0 unspecified atom stereocenters. The molecule has 2 aromatic heterocycles. The molecule has 1 fully saturated rings. The number of H-pyrrole nitrogens is 1. The van der Waals surface area contributed by atoms with E-state index in [0.29, 0.717) is 0 Å². The smallest absolute Gasteiger partial charge is 0.0958 e. The normalized spacial score (nSPS) is 21.4. The van der Waals surface area contributed by atoms with Gasteiger partial charge in [-0.1, -0.05) is 6.07 Å².